The van der Waals surface area contributed by atoms with Crippen molar-refractivity contribution < 1.29 is 19.1 Å². The molecule has 0 saturated heterocycles. The van der Waals surface area contributed by atoms with Crippen LogP contribution < -0.4 is 14.9 Å². The lowest BCUT2D eigenvalue weighted by Gasteiger charge is -2.11. The van der Waals surface area contributed by atoms with E-state index in [1.54, 1.807) is 42.5 Å². The van der Waals surface area contributed by atoms with Gasteiger partial charge in [-0.25, -0.2) is 10.2 Å². The van der Waals surface area contributed by atoms with Gasteiger partial charge in [0, 0.05) is 10.6 Å². The average Bonchev–Trinajstić information content (AvgIpc) is 2.84. The van der Waals surface area contributed by atoms with E-state index in [0.717, 1.165) is 10.8 Å². The molecule has 0 aliphatic heterocycles. The third-order valence-corrected chi connectivity index (χ3v) is 5.72. The SMILES string of the molecule is O=C(COc1ccc(Cl)cc1Cl)NN=Cc1c(OC(=O)c2ccccc2Cl)ccc2ccccc12. The maximum Gasteiger partial charge on any atom is 0.345 e. The van der Waals surface area contributed by atoms with Crippen LogP contribution in [-0.4, -0.2) is 24.7 Å². The minimum atomic E-state index is -0.613. The Bertz CT molecular complexity index is 1440. The van der Waals surface area contributed by atoms with Gasteiger partial charge in [0.2, 0.25) is 0 Å². The van der Waals surface area contributed by atoms with Gasteiger partial charge >= 0.3 is 5.97 Å². The average molecular weight is 528 g/mol. The summed E-state index contributed by atoms with van der Waals surface area (Å²) in [5.74, 6) is -0.547. The summed E-state index contributed by atoms with van der Waals surface area (Å²) in [6.45, 7) is -0.317. The molecule has 0 heterocycles. The highest BCUT2D eigenvalue weighted by Crippen LogP contribution is 2.29. The van der Waals surface area contributed by atoms with Crippen molar-refractivity contribution in [2.75, 3.05) is 6.61 Å². The number of halogens is 3. The van der Waals surface area contributed by atoms with Crippen LogP contribution in [0.15, 0.2) is 84.0 Å². The molecule has 0 atom stereocenters. The van der Waals surface area contributed by atoms with Gasteiger partial charge in [-0.2, -0.15) is 5.10 Å². The molecule has 0 aromatic heterocycles. The minimum Gasteiger partial charge on any atom is -0.482 e. The van der Waals surface area contributed by atoms with Crippen molar-refractivity contribution in [2.45, 2.75) is 0 Å². The number of esters is 1. The van der Waals surface area contributed by atoms with Crippen LogP contribution >= 0.6 is 34.8 Å². The number of hydrazone groups is 1. The van der Waals surface area contributed by atoms with E-state index >= 15 is 0 Å². The normalized spacial score (nSPS) is 10.9. The third kappa shape index (κ3) is 6.11. The Morgan fingerprint density at radius 1 is 0.857 bits per heavy atom. The number of rotatable bonds is 7. The molecule has 35 heavy (non-hydrogen) atoms. The molecule has 0 radical (unpaired) electrons. The molecule has 0 bridgehead atoms. The Balaban J connectivity index is 1.51. The molecule has 0 spiro atoms. The molecule has 4 aromatic rings. The molecule has 4 aromatic carbocycles. The smallest absolute Gasteiger partial charge is 0.345 e. The van der Waals surface area contributed by atoms with E-state index in [4.69, 9.17) is 44.3 Å². The lowest BCUT2D eigenvalue weighted by molar-refractivity contribution is -0.123. The van der Waals surface area contributed by atoms with Crippen molar-refractivity contribution in [3.8, 4) is 11.5 Å². The van der Waals surface area contributed by atoms with Crippen LogP contribution in [0.5, 0.6) is 11.5 Å². The molecule has 0 aliphatic carbocycles. The molecule has 0 saturated carbocycles. The molecule has 0 unspecified atom stereocenters. The maximum absolute atomic E-state index is 12.7. The highest BCUT2D eigenvalue weighted by Gasteiger charge is 2.16. The number of amides is 1. The van der Waals surface area contributed by atoms with Crippen LogP contribution in [0.3, 0.4) is 0 Å². The van der Waals surface area contributed by atoms with Crippen molar-refractivity contribution in [3.05, 3.63) is 105 Å². The number of nitrogens with zero attached hydrogens (tertiary/aromatic N) is 1. The first kappa shape index (κ1) is 24.5. The quantitative estimate of drug-likeness (QED) is 0.128. The molecule has 6 nitrogen and oxygen atoms in total. The Morgan fingerprint density at radius 2 is 1.60 bits per heavy atom. The van der Waals surface area contributed by atoms with Gasteiger partial charge in [-0.15, -0.1) is 0 Å². The van der Waals surface area contributed by atoms with E-state index in [1.807, 2.05) is 30.3 Å². The lowest BCUT2D eigenvalue weighted by atomic mass is 10.0. The molecule has 0 aliphatic rings. The Kier molecular flexibility index (Phi) is 7.87. The number of hydrogen-bond donors (Lipinski definition) is 1. The largest absolute Gasteiger partial charge is 0.482 e. The van der Waals surface area contributed by atoms with Crippen molar-refractivity contribution in [1.29, 1.82) is 0 Å². The number of hydrogen-bond acceptors (Lipinski definition) is 5. The van der Waals surface area contributed by atoms with E-state index in [1.165, 1.54) is 12.3 Å². The molecule has 0 fully saturated rings. The first-order valence-electron chi connectivity index (χ1n) is 10.3. The number of carbonyl (C=O) groups excluding carboxylic acids is 2. The number of benzene rings is 4. The van der Waals surface area contributed by atoms with Crippen molar-refractivity contribution in [2.24, 2.45) is 5.10 Å². The van der Waals surface area contributed by atoms with E-state index in [-0.39, 0.29) is 28.0 Å². The van der Waals surface area contributed by atoms with E-state index in [0.29, 0.717) is 16.3 Å². The highest BCUT2D eigenvalue weighted by atomic mass is 35.5. The fourth-order valence-electron chi connectivity index (χ4n) is 3.22. The summed E-state index contributed by atoms with van der Waals surface area (Å²) in [6.07, 6.45) is 1.41. The van der Waals surface area contributed by atoms with Crippen molar-refractivity contribution in [3.63, 3.8) is 0 Å². The number of carbonyl (C=O) groups is 2. The minimum absolute atomic E-state index is 0.233. The second-order valence-corrected chi connectivity index (χ2v) is 8.48. The topological polar surface area (TPSA) is 77.0 Å². The van der Waals surface area contributed by atoms with E-state index in [2.05, 4.69) is 10.5 Å². The summed E-state index contributed by atoms with van der Waals surface area (Å²) < 4.78 is 11.0. The van der Waals surface area contributed by atoms with Crippen LogP contribution in [0, 0.1) is 0 Å². The van der Waals surface area contributed by atoms with Crippen LogP contribution in [-0.2, 0) is 4.79 Å². The Hall–Kier alpha value is -3.58. The first-order valence-corrected chi connectivity index (χ1v) is 11.4. The summed E-state index contributed by atoms with van der Waals surface area (Å²) in [5.41, 5.74) is 3.13. The zero-order chi connectivity index (χ0) is 24.8. The standard InChI is InChI=1S/C26H17Cl3N2O4/c27-17-10-12-24(22(29)13-17)34-15-25(32)31-30-14-20-18-6-2-1-5-16(18)9-11-23(20)35-26(33)19-7-3-4-8-21(19)28/h1-14H,15H2,(H,31,32). The molecule has 1 amide bonds. The highest BCUT2D eigenvalue weighted by molar-refractivity contribution is 6.35. The molecule has 9 heteroatoms. The fraction of sp³-hybridized carbons (Fsp3) is 0.0385. The Morgan fingerprint density at radius 3 is 2.40 bits per heavy atom. The monoisotopic (exact) mass is 526 g/mol. The van der Waals surface area contributed by atoms with Gasteiger partial charge in [-0.1, -0.05) is 77.3 Å². The molecular weight excluding hydrogens is 511 g/mol. The summed E-state index contributed by atoms with van der Waals surface area (Å²) >= 11 is 18.0. The lowest BCUT2D eigenvalue weighted by Crippen LogP contribution is -2.24. The second kappa shape index (κ2) is 11.2. The number of ether oxygens (including phenoxy) is 2. The van der Waals surface area contributed by atoms with Crippen LogP contribution in [0.25, 0.3) is 10.8 Å². The summed E-state index contributed by atoms with van der Waals surface area (Å²) in [6, 6.07) is 22.3. The molecule has 4 rings (SSSR count). The zero-order valence-corrected chi connectivity index (χ0v) is 20.3. The third-order valence-electron chi connectivity index (χ3n) is 4.86. The predicted molar refractivity (Wildman–Crippen MR) is 138 cm³/mol. The molecular formula is C26H17Cl3N2O4. The van der Waals surface area contributed by atoms with Gasteiger partial charge in [-0.3, -0.25) is 4.79 Å². The second-order valence-electron chi connectivity index (χ2n) is 7.22. The van der Waals surface area contributed by atoms with Crippen molar-refractivity contribution in [1.82, 2.24) is 5.43 Å². The molecule has 176 valence electrons. The summed E-state index contributed by atoms with van der Waals surface area (Å²) in [4.78, 5) is 24.9. The van der Waals surface area contributed by atoms with Gasteiger partial charge in [0.15, 0.2) is 6.61 Å². The zero-order valence-electron chi connectivity index (χ0n) is 18.0. The number of fused-ring (bicyclic) bond motifs is 1. The van der Waals surface area contributed by atoms with Gasteiger partial charge in [0.05, 0.1) is 21.8 Å². The number of nitrogens with one attached hydrogen (secondary N) is 1. The van der Waals surface area contributed by atoms with E-state index < -0.39 is 11.9 Å². The molecule has 1 N–H and O–H groups in total. The van der Waals surface area contributed by atoms with Crippen LogP contribution in [0.2, 0.25) is 15.1 Å². The maximum atomic E-state index is 12.7. The van der Waals surface area contributed by atoms with Crippen LogP contribution in [0.1, 0.15) is 15.9 Å². The van der Waals surface area contributed by atoms with Gasteiger partial charge in [0.1, 0.15) is 11.5 Å². The van der Waals surface area contributed by atoms with E-state index in [9.17, 15) is 9.59 Å². The summed E-state index contributed by atoms with van der Waals surface area (Å²) in [7, 11) is 0. The predicted octanol–water partition coefficient (Wildman–Crippen LogP) is 6.55. The van der Waals surface area contributed by atoms with Gasteiger partial charge in [0.25, 0.3) is 5.91 Å². The first-order chi connectivity index (χ1) is 16.9. The summed E-state index contributed by atoms with van der Waals surface area (Å²) in [5, 5.41) is 6.72. The van der Waals surface area contributed by atoms with Crippen LogP contribution in [0.4, 0.5) is 0 Å². The Labute approximate surface area is 216 Å². The van der Waals surface area contributed by atoms with Gasteiger partial charge < -0.3 is 9.47 Å². The van der Waals surface area contributed by atoms with Gasteiger partial charge in [-0.05, 0) is 47.2 Å². The fourth-order valence-corrected chi connectivity index (χ4v) is 3.89. The van der Waals surface area contributed by atoms with Crippen molar-refractivity contribution >= 4 is 63.7 Å².